The number of esters is 1. The molecular formula is C36H50N2O6. The Morgan fingerprint density at radius 1 is 1.09 bits per heavy atom. The van der Waals surface area contributed by atoms with E-state index in [9.17, 15) is 14.4 Å². The SMILES string of the molecule is COC(=O)[C@]12C[C@H](CC(=O)NCC3CCCCC3)C(=O)N(CCC3=CCCCC3)C1=C[C@H](COCc1ccccc1)O[C@@H]2C. The van der Waals surface area contributed by atoms with Crippen LogP contribution in [0.5, 0.6) is 0 Å². The first-order valence-electron chi connectivity index (χ1n) is 16.7. The third-order valence-electron chi connectivity index (χ3n) is 10.1. The van der Waals surface area contributed by atoms with E-state index >= 15 is 0 Å². The minimum absolute atomic E-state index is 0.0487. The molecule has 0 spiro atoms. The molecule has 2 aliphatic heterocycles. The Morgan fingerprint density at radius 2 is 1.89 bits per heavy atom. The van der Waals surface area contributed by atoms with Gasteiger partial charge in [-0.25, -0.2) is 0 Å². The predicted octanol–water partition coefficient (Wildman–Crippen LogP) is 5.86. The second-order valence-electron chi connectivity index (χ2n) is 13.1. The van der Waals surface area contributed by atoms with Crippen LogP contribution in [0.25, 0.3) is 0 Å². The number of allylic oxidation sites excluding steroid dienone is 1. The standard InChI is InChI=1S/C36H50N2O6/c1-26-36(35(41)42-2)22-30(20-33(39)37-23-28-14-8-4-9-15-28)34(40)38(19-18-27-12-6-3-7-13-27)32(36)21-31(44-26)25-43-24-29-16-10-5-11-17-29/h5,10-12,16-17,21,26,28,30-31H,3-4,6-9,13-15,18-20,22-25H2,1-2H3,(H,37,39)/t26-,30+,31-,36+/m1/s1. The molecule has 1 aromatic carbocycles. The number of carbonyl (C=O) groups is 3. The number of carbonyl (C=O) groups excluding carboxylic acids is 3. The first-order chi connectivity index (χ1) is 21.4. The highest BCUT2D eigenvalue weighted by atomic mass is 16.5. The van der Waals surface area contributed by atoms with Gasteiger partial charge in [0.05, 0.1) is 26.4 Å². The van der Waals surface area contributed by atoms with Crippen LogP contribution in [-0.2, 0) is 35.2 Å². The van der Waals surface area contributed by atoms with Gasteiger partial charge < -0.3 is 24.4 Å². The molecule has 4 atom stereocenters. The smallest absolute Gasteiger partial charge is 0.320 e. The van der Waals surface area contributed by atoms with Gasteiger partial charge in [-0.1, -0.05) is 61.2 Å². The van der Waals surface area contributed by atoms with E-state index in [0.29, 0.717) is 37.9 Å². The number of fused-ring (bicyclic) bond motifs is 1. The largest absolute Gasteiger partial charge is 0.468 e. The van der Waals surface area contributed by atoms with Gasteiger partial charge in [-0.05, 0) is 75.8 Å². The lowest BCUT2D eigenvalue weighted by Gasteiger charge is -2.51. The number of nitrogens with zero attached hydrogens (tertiary/aromatic N) is 1. The summed E-state index contributed by atoms with van der Waals surface area (Å²) in [6.07, 6.45) is 14.6. The molecule has 44 heavy (non-hydrogen) atoms. The molecule has 2 fully saturated rings. The summed E-state index contributed by atoms with van der Waals surface area (Å²) >= 11 is 0. The summed E-state index contributed by atoms with van der Waals surface area (Å²) in [6.45, 7) is 3.72. The Balaban J connectivity index is 1.37. The van der Waals surface area contributed by atoms with Gasteiger partial charge in [0.2, 0.25) is 11.8 Å². The van der Waals surface area contributed by atoms with Crippen molar-refractivity contribution in [2.24, 2.45) is 17.3 Å². The molecule has 2 aliphatic carbocycles. The lowest BCUT2D eigenvalue weighted by molar-refractivity contribution is -0.178. The predicted molar refractivity (Wildman–Crippen MR) is 168 cm³/mol. The van der Waals surface area contributed by atoms with Crippen molar-refractivity contribution >= 4 is 17.8 Å². The molecule has 2 heterocycles. The topological polar surface area (TPSA) is 94.2 Å². The second kappa shape index (κ2) is 15.3. The monoisotopic (exact) mass is 606 g/mol. The number of rotatable bonds is 12. The van der Waals surface area contributed by atoms with E-state index in [0.717, 1.165) is 44.1 Å². The van der Waals surface area contributed by atoms with Gasteiger partial charge in [0.25, 0.3) is 0 Å². The lowest BCUT2D eigenvalue weighted by atomic mass is 9.66. The van der Waals surface area contributed by atoms with Crippen LogP contribution >= 0.6 is 0 Å². The molecule has 1 saturated carbocycles. The molecular weight excluding hydrogens is 556 g/mol. The number of amides is 2. The minimum Gasteiger partial charge on any atom is -0.468 e. The highest BCUT2D eigenvalue weighted by Crippen LogP contribution is 2.50. The van der Waals surface area contributed by atoms with E-state index in [4.69, 9.17) is 14.2 Å². The fourth-order valence-corrected chi connectivity index (χ4v) is 7.58. The number of hydrogen-bond donors (Lipinski definition) is 1. The molecule has 0 unspecified atom stereocenters. The van der Waals surface area contributed by atoms with Crippen molar-refractivity contribution in [3.63, 3.8) is 0 Å². The molecule has 1 N–H and O–H groups in total. The van der Waals surface area contributed by atoms with Crippen molar-refractivity contribution in [1.82, 2.24) is 10.2 Å². The normalized spacial score (nSPS) is 27.6. The van der Waals surface area contributed by atoms with Crippen molar-refractivity contribution < 1.29 is 28.6 Å². The van der Waals surface area contributed by atoms with E-state index in [1.807, 2.05) is 43.3 Å². The van der Waals surface area contributed by atoms with E-state index in [-0.39, 0.29) is 24.7 Å². The van der Waals surface area contributed by atoms with Crippen molar-refractivity contribution in [3.05, 3.63) is 59.3 Å². The number of nitrogens with one attached hydrogen (secondary N) is 1. The van der Waals surface area contributed by atoms with Crippen LogP contribution in [0.4, 0.5) is 0 Å². The summed E-state index contributed by atoms with van der Waals surface area (Å²) in [6, 6.07) is 9.95. The van der Waals surface area contributed by atoms with Crippen LogP contribution in [0, 0.1) is 17.3 Å². The maximum Gasteiger partial charge on any atom is 0.320 e. The van der Waals surface area contributed by atoms with E-state index < -0.39 is 29.5 Å². The van der Waals surface area contributed by atoms with E-state index in [2.05, 4.69) is 11.4 Å². The Kier molecular flexibility index (Phi) is 11.3. The van der Waals surface area contributed by atoms with Crippen LogP contribution in [0.2, 0.25) is 0 Å². The molecule has 0 radical (unpaired) electrons. The van der Waals surface area contributed by atoms with Gasteiger partial charge in [-0.2, -0.15) is 0 Å². The first kappa shape index (κ1) is 32.4. The van der Waals surface area contributed by atoms with Crippen LogP contribution < -0.4 is 5.32 Å². The quantitative estimate of drug-likeness (QED) is 0.237. The summed E-state index contributed by atoms with van der Waals surface area (Å²) in [5, 5.41) is 3.10. The van der Waals surface area contributed by atoms with Gasteiger partial charge in [-0.3, -0.25) is 14.4 Å². The maximum absolute atomic E-state index is 14.2. The first-order valence-corrected chi connectivity index (χ1v) is 16.7. The second-order valence-corrected chi connectivity index (χ2v) is 13.1. The van der Waals surface area contributed by atoms with Gasteiger partial charge in [0.15, 0.2) is 0 Å². The van der Waals surface area contributed by atoms with Crippen molar-refractivity contribution in [2.45, 2.75) is 103 Å². The third-order valence-corrected chi connectivity index (χ3v) is 10.1. The average Bonchev–Trinajstić information content (AvgIpc) is 3.05. The molecule has 8 nitrogen and oxygen atoms in total. The minimum atomic E-state index is -1.19. The van der Waals surface area contributed by atoms with E-state index in [1.54, 1.807) is 4.90 Å². The summed E-state index contributed by atoms with van der Waals surface area (Å²) < 4.78 is 17.9. The Hall–Kier alpha value is -2.97. The average molecular weight is 607 g/mol. The molecule has 8 heteroatoms. The van der Waals surface area contributed by atoms with Gasteiger partial charge >= 0.3 is 5.97 Å². The molecule has 2 amide bonds. The van der Waals surface area contributed by atoms with Gasteiger partial charge in [-0.15, -0.1) is 0 Å². The molecule has 1 saturated heterocycles. The number of piperidine rings is 1. The zero-order valence-electron chi connectivity index (χ0n) is 26.6. The summed E-state index contributed by atoms with van der Waals surface area (Å²) in [5.74, 6) is -0.804. The zero-order valence-corrected chi connectivity index (χ0v) is 26.6. The third kappa shape index (κ3) is 7.63. The summed E-state index contributed by atoms with van der Waals surface area (Å²) in [7, 11) is 1.38. The van der Waals surface area contributed by atoms with Crippen molar-refractivity contribution in [2.75, 3.05) is 26.8 Å². The summed E-state index contributed by atoms with van der Waals surface area (Å²) in [5.41, 5.74) is 1.86. The van der Waals surface area contributed by atoms with Crippen LogP contribution in [0.15, 0.2) is 53.8 Å². The molecule has 5 rings (SSSR count). The highest BCUT2D eigenvalue weighted by Gasteiger charge is 2.59. The van der Waals surface area contributed by atoms with Crippen LogP contribution in [-0.4, -0.2) is 61.7 Å². The lowest BCUT2D eigenvalue weighted by Crippen LogP contribution is -2.60. The van der Waals surface area contributed by atoms with Crippen molar-refractivity contribution in [1.29, 1.82) is 0 Å². The van der Waals surface area contributed by atoms with Gasteiger partial charge in [0, 0.05) is 31.1 Å². The molecule has 0 aromatic heterocycles. The zero-order chi connectivity index (χ0) is 30.9. The maximum atomic E-state index is 14.2. The van der Waals surface area contributed by atoms with Crippen LogP contribution in [0.3, 0.4) is 0 Å². The molecule has 4 aliphatic rings. The fourth-order valence-electron chi connectivity index (χ4n) is 7.58. The molecule has 240 valence electrons. The van der Waals surface area contributed by atoms with Crippen LogP contribution in [0.1, 0.15) is 89.5 Å². The number of likely N-dealkylation sites (tertiary alicyclic amines) is 1. The van der Waals surface area contributed by atoms with E-state index in [1.165, 1.54) is 38.4 Å². The Morgan fingerprint density at radius 3 is 2.61 bits per heavy atom. The highest BCUT2D eigenvalue weighted by molar-refractivity contribution is 5.92. The molecule has 1 aromatic rings. The van der Waals surface area contributed by atoms with Crippen molar-refractivity contribution in [3.8, 4) is 0 Å². The Labute approximate surface area is 262 Å². The fraction of sp³-hybridized carbons (Fsp3) is 0.639. The summed E-state index contributed by atoms with van der Waals surface area (Å²) in [4.78, 5) is 42.9. The number of ether oxygens (including phenoxy) is 3. The number of hydrogen-bond acceptors (Lipinski definition) is 6. The Bertz CT molecular complexity index is 1210. The number of methoxy groups -OCH3 is 1. The van der Waals surface area contributed by atoms with Gasteiger partial charge in [0.1, 0.15) is 11.5 Å². The number of benzene rings is 1. The molecule has 0 bridgehead atoms.